The molecule has 0 aliphatic heterocycles. The fourth-order valence-corrected chi connectivity index (χ4v) is 1.68. The lowest BCUT2D eigenvalue weighted by atomic mass is 10.3. The molecule has 7 nitrogen and oxygen atoms in total. The number of carbonyl (C=O) groups is 2. The minimum Gasteiger partial charge on any atom is -0.480 e. The molecule has 1 amide bonds. The minimum absolute atomic E-state index is 0.106. The van der Waals surface area contributed by atoms with Crippen molar-refractivity contribution in [2.75, 3.05) is 6.61 Å². The summed E-state index contributed by atoms with van der Waals surface area (Å²) in [6.45, 7) is 1.19. The van der Waals surface area contributed by atoms with Crippen LogP contribution in [0.5, 0.6) is 0 Å². The van der Waals surface area contributed by atoms with Crippen molar-refractivity contribution in [2.24, 2.45) is 0 Å². The molecule has 19 heavy (non-hydrogen) atoms. The summed E-state index contributed by atoms with van der Waals surface area (Å²) >= 11 is 0. The molecule has 100 valence electrons. The van der Waals surface area contributed by atoms with E-state index >= 15 is 0 Å². The predicted molar refractivity (Wildman–Crippen MR) is 65.9 cm³/mol. The van der Waals surface area contributed by atoms with Crippen molar-refractivity contribution in [3.63, 3.8) is 0 Å². The van der Waals surface area contributed by atoms with Crippen molar-refractivity contribution in [1.29, 1.82) is 0 Å². The van der Waals surface area contributed by atoms with Crippen LogP contribution in [0.4, 0.5) is 0 Å². The van der Waals surface area contributed by atoms with E-state index in [9.17, 15) is 9.59 Å². The van der Waals surface area contributed by atoms with Crippen molar-refractivity contribution in [2.45, 2.75) is 13.0 Å². The molecular formula is C12H13N3O4. The van der Waals surface area contributed by atoms with Crippen molar-refractivity contribution in [3.8, 4) is 0 Å². The Labute approximate surface area is 108 Å². The number of aliphatic hydroxyl groups excluding tert-OH is 1. The predicted octanol–water partition coefficient (Wildman–Crippen LogP) is -0.182. The molecule has 0 saturated heterocycles. The monoisotopic (exact) mass is 263 g/mol. The van der Waals surface area contributed by atoms with Gasteiger partial charge in [0.15, 0.2) is 6.04 Å². The molecule has 0 aliphatic rings. The van der Waals surface area contributed by atoms with Crippen LogP contribution in [0.1, 0.15) is 16.2 Å². The van der Waals surface area contributed by atoms with Gasteiger partial charge in [0.25, 0.3) is 5.91 Å². The molecule has 0 aliphatic carbocycles. The molecular weight excluding hydrogens is 250 g/mol. The van der Waals surface area contributed by atoms with Crippen LogP contribution in [0.15, 0.2) is 24.4 Å². The highest BCUT2D eigenvalue weighted by Crippen LogP contribution is 2.08. The number of amides is 1. The summed E-state index contributed by atoms with van der Waals surface area (Å²) in [5, 5.41) is 19.8. The van der Waals surface area contributed by atoms with E-state index < -0.39 is 24.5 Å². The summed E-state index contributed by atoms with van der Waals surface area (Å²) in [5.41, 5.74) is 1.61. The van der Waals surface area contributed by atoms with E-state index in [4.69, 9.17) is 10.2 Å². The van der Waals surface area contributed by atoms with E-state index in [-0.39, 0.29) is 5.69 Å². The van der Waals surface area contributed by atoms with Gasteiger partial charge in [0.05, 0.1) is 6.61 Å². The largest absolute Gasteiger partial charge is 0.480 e. The van der Waals surface area contributed by atoms with E-state index in [1.54, 1.807) is 10.5 Å². The van der Waals surface area contributed by atoms with Crippen molar-refractivity contribution >= 4 is 17.5 Å². The first-order chi connectivity index (χ1) is 9.02. The maximum atomic E-state index is 11.8. The van der Waals surface area contributed by atoms with Gasteiger partial charge in [-0.25, -0.2) is 9.78 Å². The number of aryl methyl sites for hydroxylation is 1. The van der Waals surface area contributed by atoms with Gasteiger partial charge in [-0.2, -0.15) is 0 Å². The third-order valence-electron chi connectivity index (χ3n) is 2.71. The SMILES string of the molecule is Cc1cccc2nc(C(=O)NC(CO)C(=O)O)cn12. The van der Waals surface area contributed by atoms with Gasteiger partial charge < -0.3 is 19.9 Å². The normalized spacial score (nSPS) is 12.3. The third kappa shape index (κ3) is 2.55. The fourth-order valence-electron chi connectivity index (χ4n) is 1.68. The molecule has 0 saturated carbocycles. The molecule has 0 aromatic carbocycles. The highest BCUT2D eigenvalue weighted by atomic mass is 16.4. The number of rotatable bonds is 4. The number of aliphatic hydroxyl groups is 1. The maximum absolute atomic E-state index is 11.8. The van der Waals surface area contributed by atoms with Crippen molar-refractivity contribution in [1.82, 2.24) is 14.7 Å². The van der Waals surface area contributed by atoms with Crippen LogP contribution in [-0.4, -0.2) is 44.1 Å². The van der Waals surface area contributed by atoms with Gasteiger partial charge in [-0.1, -0.05) is 6.07 Å². The van der Waals surface area contributed by atoms with Crippen LogP contribution in [0.2, 0.25) is 0 Å². The lowest BCUT2D eigenvalue weighted by molar-refractivity contribution is -0.140. The highest BCUT2D eigenvalue weighted by molar-refractivity contribution is 5.95. The summed E-state index contributed by atoms with van der Waals surface area (Å²) in [6, 6.07) is 4.08. The lowest BCUT2D eigenvalue weighted by Gasteiger charge is -2.09. The Balaban J connectivity index is 2.27. The number of pyridine rings is 1. The average molecular weight is 263 g/mol. The Morgan fingerprint density at radius 2 is 2.21 bits per heavy atom. The average Bonchev–Trinajstić information content (AvgIpc) is 2.80. The highest BCUT2D eigenvalue weighted by Gasteiger charge is 2.21. The Kier molecular flexibility index (Phi) is 3.48. The topological polar surface area (TPSA) is 104 Å². The van der Waals surface area contributed by atoms with Crippen LogP contribution < -0.4 is 5.32 Å². The van der Waals surface area contributed by atoms with Crippen molar-refractivity contribution in [3.05, 3.63) is 35.8 Å². The molecule has 0 spiro atoms. The van der Waals surface area contributed by atoms with Crippen LogP contribution in [0.3, 0.4) is 0 Å². The second kappa shape index (κ2) is 5.07. The molecule has 2 aromatic rings. The Hall–Kier alpha value is -2.41. The lowest BCUT2D eigenvalue weighted by Crippen LogP contribution is -2.43. The van der Waals surface area contributed by atoms with Gasteiger partial charge in [0.2, 0.25) is 0 Å². The fraction of sp³-hybridized carbons (Fsp3) is 0.250. The Morgan fingerprint density at radius 1 is 1.47 bits per heavy atom. The summed E-state index contributed by atoms with van der Waals surface area (Å²) in [5.74, 6) is -1.93. The summed E-state index contributed by atoms with van der Waals surface area (Å²) in [6.07, 6.45) is 1.52. The number of carboxylic acids is 1. The molecule has 7 heteroatoms. The van der Waals surface area contributed by atoms with Gasteiger partial charge in [-0.05, 0) is 19.1 Å². The van der Waals surface area contributed by atoms with Crippen LogP contribution in [0, 0.1) is 6.92 Å². The number of nitrogens with zero attached hydrogens (tertiary/aromatic N) is 2. The van der Waals surface area contributed by atoms with Crippen molar-refractivity contribution < 1.29 is 19.8 Å². The number of carboxylic acid groups (broad SMARTS) is 1. The molecule has 0 bridgehead atoms. The molecule has 1 unspecified atom stereocenters. The van der Waals surface area contributed by atoms with Gasteiger partial charge in [-0.15, -0.1) is 0 Å². The second-order valence-electron chi connectivity index (χ2n) is 4.07. The zero-order valence-electron chi connectivity index (χ0n) is 10.2. The zero-order chi connectivity index (χ0) is 14.0. The number of nitrogens with one attached hydrogen (secondary N) is 1. The summed E-state index contributed by atoms with van der Waals surface area (Å²) < 4.78 is 1.73. The van der Waals surface area contributed by atoms with Crippen LogP contribution in [-0.2, 0) is 4.79 Å². The van der Waals surface area contributed by atoms with Gasteiger partial charge in [-0.3, -0.25) is 4.79 Å². The molecule has 0 radical (unpaired) electrons. The number of hydrogen-bond acceptors (Lipinski definition) is 4. The van der Waals surface area contributed by atoms with Gasteiger partial charge in [0, 0.05) is 11.9 Å². The smallest absolute Gasteiger partial charge is 0.328 e. The minimum atomic E-state index is -1.33. The third-order valence-corrected chi connectivity index (χ3v) is 2.71. The number of carbonyl (C=O) groups excluding carboxylic acids is 1. The molecule has 3 N–H and O–H groups in total. The van der Waals surface area contributed by atoms with Crippen LogP contribution >= 0.6 is 0 Å². The molecule has 0 fully saturated rings. The van der Waals surface area contributed by atoms with E-state index in [0.717, 1.165) is 5.69 Å². The maximum Gasteiger partial charge on any atom is 0.328 e. The Bertz CT molecular complexity index is 635. The standard InChI is InChI=1S/C12H13N3O4/c1-7-3-2-4-10-13-8(5-15(7)10)11(17)14-9(6-16)12(18)19/h2-5,9,16H,6H2,1H3,(H,14,17)(H,18,19). The zero-order valence-corrected chi connectivity index (χ0v) is 10.2. The van der Waals surface area contributed by atoms with Gasteiger partial charge in [0.1, 0.15) is 11.3 Å². The molecule has 1 atom stereocenters. The van der Waals surface area contributed by atoms with E-state index in [2.05, 4.69) is 10.3 Å². The second-order valence-corrected chi connectivity index (χ2v) is 4.07. The van der Waals surface area contributed by atoms with Gasteiger partial charge >= 0.3 is 5.97 Å². The number of hydrogen-bond donors (Lipinski definition) is 3. The quantitative estimate of drug-likeness (QED) is 0.709. The number of aliphatic carboxylic acids is 1. The molecule has 2 rings (SSSR count). The first-order valence-corrected chi connectivity index (χ1v) is 5.62. The van der Waals surface area contributed by atoms with Crippen LogP contribution in [0.25, 0.3) is 5.65 Å². The number of imidazole rings is 1. The van der Waals surface area contributed by atoms with E-state index in [0.29, 0.717) is 5.65 Å². The summed E-state index contributed by atoms with van der Waals surface area (Å²) in [7, 11) is 0. The molecule has 2 heterocycles. The summed E-state index contributed by atoms with van der Waals surface area (Å²) in [4.78, 5) is 26.7. The molecule has 2 aromatic heterocycles. The number of aromatic nitrogens is 2. The van der Waals surface area contributed by atoms with E-state index in [1.165, 1.54) is 6.20 Å². The first kappa shape index (κ1) is 13.0. The first-order valence-electron chi connectivity index (χ1n) is 5.62. The Morgan fingerprint density at radius 3 is 2.79 bits per heavy atom. The number of fused-ring (bicyclic) bond motifs is 1. The van der Waals surface area contributed by atoms with E-state index in [1.807, 2.05) is 19.1 Å².